The maximum atomic E-state index is 13.9. The molecule has 0 aromatic heterocycles. The predicted octanol–water partition coefficient (Wildman–Crippen LogP) is 5.06. The van der Waals surface area contributed by atoms with Gasteiger partial charge in [-0.1, -0.05) is 72.6 Å². The fourth-order valence-electron chi connectivity index (χ4n) is 3.96. The predicted molar refractivity (Wildman–Crippen MR) is 153 cm³/mol. The molecule has 0 aliphatic heterocycles. The Labute approximate surface area is 238 Å². The lowest BCUT2D eigenvalue weighted by molar-refractivity contribution is -0.140. The van der Waals surface area contributed by atoms with Crippen molar-refractivity contribution < 1.29 is 22.4 Å². The van der Waals surface area contributed by atoms with Gasteiger partial charge in [0.1, 0.15) is 18.4 Å². The molecule has 0 unspecified atom stereocenters. The van der Waals surface area contributed by atoms with Crippen LogP contribution in [0.3, 0.4) is 0 Å². The topological polar surface area (TPSA) is 86.8 Å². The van der Waals surface area contributed by atoms with Crippen molar-refractivity contribution >= 4 is 50.7 Å². The SMILES string of the molecule is CCCNC(=O)[C@@H](Cc1ccccc1)N(Cc1ccc(F)cc1)C(=O)CN(c1ccc(Cl)c(Cl)c1)S(C)(=O)=O. The summed E-state index contributed by atoms with van der Waals surface area (Å²) in [4.78, 5) is 28.7. The van der Waals surface area contributed by atoms with Crippen LogP contribution in [-0.2, 0) is 32.6 Å². The standard InChI is InChI=1S/C28H30Cl2FN3O4S/c1-3-15-32-28(36)26(16-20-7-5-4-6-8-20)33(18-21-9-11-22(31)12-10-21)27(35)19-34(39(2,37)38)23-13-14-24(29)25(30)17-23/h4-14,17,26H,3,15-16,18-19H2,1-2H3,(H,32,36)/t26-/m1/s1. The average Bonchev–Trinajstić information content (AvgIpc) is 2.90. The molecule has 11 heteroatoms. The van der Waals surface area contributed by atoms with Gasteiger partial charge in [0.2, 0.25) is 21.8 Å². The van der Waals surface area contributed by atoms with Crippen molar-refractivity contribution in [2.24, 2.45) is 0 Å². The van der Waals surface area contributed by atoms with E-state index in [0.717, 1.165) is 16.1 Å². The summed E-state index contributed by atoms with van der Waals surface area (Å²) in [5, 5.41) is 3.21. The summed E-state index contributed by atoms with van der Waals surface area (Å²) in [5.41, 5.74) is 1.54. The summed E-state index contributed by atoms with van der Waals surface area (Å²) >= 11 is 12.1. The van der Waals surface area contributed by atoms with Crippen LogP contribution >= 0.6 is 23.2 Å². The third-order valence-corrected chi connectivity index (χ3v) is 7.84. The number of rotatable bonds is 12. The molecule has 1 atom stereocenters. The third kappa shape index (κ3) is 8.68. The fraction of sp³-hybridized carbons (Fsp3) is 0.286. The molecule has 3 aromatic rings. The molecule has 3 rings (SSSR count). The van der Waals surface area contributed by atoms with E-state index in [0.29, 0.717) is 18.5 Å². The molecular weight excluding hydrogens is 564 g/mol. The number of hydrogen-bond acceptors (Lipinski definition) is 4. The first-order valence-electron chi connectivity index (χ1n) is 12.3. The largest absolute Gasteiger partial charge is 0.354 e. The second kappa shape index (κ2) is 13.8. The fourth-order valence-corrected chi connectivity index (χ4v) is 5.09. The zero-order valence-electron chi connectivity index (χ0n) is 21.6. The molecular formula is C28H30Cl2FN3O4S. The Morgan fingerprint density at radius 1 is 0.949 bits per heavy atom. The Kier molecular flexibility index (Phi) is 10.7. The van der Waals surface area contributed by atoms with Crippen LogP contribution < -0.4 is 9.62 Å². The summed E-state index contributed by atoms with van der Waals surface area (Å²) in [7, 11) is -3.94. The van der Waals surface area contributed by atoms with Crippen LogP contribution in [0.15, 0.2) is 72.8 Å². The summed E-state index contributed by atoms with van der Waals surface area (Å²) in [5.74, 6) is -1.44. The number of carbonyl (C=O) groups excluding carboxylic acids is 2. The van der Waals surface area contributed by atoms with E-state index in [2.05, 4.69) is 5.32 Å². The first-order chi connectivity index (χ1) is 18.5. The Balaban J connectivity index is 2.04. The van der Waals surface area contributed by atoms with Crippen molar-refractivity contribution in [3.05, 3.63) is 99.8 Å². The van der Waals surface area contributed by atoms with Gasteiger partial charge in [0.25, 0.3) is 0 Å². The number of carbonyl (C=O) groups is 2. The van der Waals surface area contributed by atoms with Crippen molar-refractivity contribution in [3.8, 4) is 0 Å². The first-order valence-corrected chi connectivity index (χ1v) is 14.9. The molecule has 208 valence electrons. The van der Waals surface area contributed by atoms with E-state index in [1.54, 1.807) is 0 Å². The van der Waals surface area contributed by atoms with Crippen LogP contribution in [0.2, 0.25) is 10.0 Å². The number of nitrogens with one attached hydrogen (secondary N) is 1. The molecule has 0 saturated carbocycles. The molecule has 0 bridgehead atoms. The van der Waals surface area contributed by atoms with Gasteiger partial charge >= 0.3 is 0 Å². The highest BCUT2D eigenvalue weighted by molar-refractivity contribution is 7.92. The van der Waals surface area contributed by atoms with Crippen LogP contribution in [0.25, 0.3) is 0 Å². The van der Waals surface area contributed by atoms with Gasteiger partial charge in [0.15, 0.2) is 0 Å². The number of hydrogen-bond donors (Lipinski definition) is 1. The number of halogens is 3. The molecule has 3 aromatic carbocycles. The molecule has 0 aliphatic carbocycles. The van der Waals surface area contributed by atoms with Gasteiger partial charge in [-0.05, 0) is 47.9 Å². The van der Waals surface area contributed by atoms with Gasteiger partial charge in [0, 0.05) is 19.5 Å². The first kappa shape index (κ1) is 30.4. The van der Waals surface area contributed by atoms with E-state index in [9.17, 15) is 22.4 Å². The van der Waals surface area contributed by atoms with E-state index in [-0.39, 0.29) is 34.6 Å². The van der Waals surface area contributed by atoms with Gasteiger partial charge < -0.3 is 10.2 Å². The molecule has 0 spiro atoms. The minimum absolute atomic E-state index is 0.0465. The Morgan fingerprint density at radius 2 is 1.62 bits per heavy atom. The van der Waals surface area contributed by atoms with Crippen LogP contribution in [0.1, 0.15) is 24.5 Å². The average molecular weight is 595 g/mol. The summed E-state index contributed by atoms with van der Waals surface area (Å²) < 4.78 is 40.1. The number of anilines is 1. The van der Waals surface area contributed by atoms with Crippen LogP contribution in [0, 0.1) is 5.82 Å². The van der Waals surface area contributed by atoms with Crippen molar-refractivity contribution in [3.63, 3.8) is 0 Å². The minimum Gasteiger partial charge on any atom is -0.354 e. The summed E-state index contributed by atoms with van der Waals surface area (Å²) in [6.07, 6.45) is 1.85. The maximum Gasteiger partial charge on any atom is 0.244 e. The van der Waals surface area contributed by atoms with Crippen LogP contribution in [0.5, 0.6) is 0 Å². The van der Waals surface area contributed by atoms with Gasteiger partial charge in [0.05, 0.1) is 22.0 Å². The highest BCUT2D eigenvalue weighted by Gasteiger charge is 2.33. The second-order valence-electron chi connectivity index (χ2n) is 9.01. The van der Waals surface area contributed by atoms with Crippen molar-refractivity contribution in [1.29, 1.82) is 0 Å². The van der Waals surface area contributed by atoms with Crippen LogP contribution in [-0.4, -0.2) is 50.5 Å². The molecule has 0 aliphatic rings. The third-order valence-electron chi connectivity index (χ3n) is 5.96. The lowest BCUT2D eigenvalue weighted by Crippen LogP contribution is -2.53. The lowest BCUT2D eigenvalue weighted by Gasteiger charge is -2.33. The van der Waals surface area contributed by atoms with E-state index in [4.69, 9.17) is 23.2 Å². The monoisotopic (exact) mass is 593 g/mol. The lowest BCUT2D eigenvalue weighted by atomic mass is 10.0. The van der Waals surface area contributed by atoms with Gasteiger partial charge in [-0.3, -0.25) is 13.9 Å². The zero-order valence-corrected chi connectivity index (χ0v) is 23.9. The molecule has 2 amide bonds. The number of benzene rings is 3. The number of sulfonamides is 1. The van der Waals surface area contributed by atoms with Crippen molar-refractivity contribution in [2.75, 3.05) is 23.7 Å². The molecule has 0 saturated heterocycles. The second-order valence-corrected chi connectivity index (χ2v) is 11.7. The van der Waals surface area contributed by atoms with Gasteiger partial charge in [-0.2, -0.15) is 0 Å². The minimum atomic E-state index is -3.94. The number of amides is 2. The normalized spacial score (nSPS) is 12.0. The van der Waals surface area contributed by atoms with E-state index in [1.165, 1.54) is 47.4 Å². The van der Waals surface area contributed by atoms with E-state index >= 15 is 0 Å². The Bertz CT molecular complexity index is 1390. The molecule has 1 N–H and O–H groups in total. The zero-order chi connectivity index (χ0) is 28.6. The molecule has 0 heterocycles. The highest BCUT2D eigenvalue weighted by Crippen LogP contribution is 2.29. The molecule has 7 nitrogen and oxygen atoms in total. The summed E-state index contributed by atoms with van der Waals surface area (Å²) in [6.45, 7) is 1.68. The van der Waals surface area contributed by atoms with Crippen molar-refractivity contribution in [2.45, 2.75) is 32.4 Å². The molecule has 0 fully saturated rings. The van der Waals surface area contributed by atoms with Gasteiger partial charge in [-0.25, -0.2) is 12.8 Å². The Morgan fingerprint density at radius 3 is 2.21 bits per heavy atom. The highest BCUT2D eigenvalue weighted by atomic mass is 35.5. The van der Waals surface area contributed by atoms with Crippen LogP contribution in [0.4, 0.5) is 10.1 Å². The van der Waals surface area contributed by atoms with Crippen molar-refractivity contribution in [1.82, 2.24) is 10.2 Å². The quantitative estimate of drug-likeness (QED) is 0.318. The van der Waals surface area contributed by atoms with E-state index < -0.39 is 34.3 Å². The molecule has 0 radical (unpaired) electrons. The maximum absolute atomic E-state index is 13.9. The van der Waals surface area contributed by atoms with E-state index in [1.807, 2.05) is 37.3 Å². The summed E-state index contributed by atoms with van der Waals surface area (Å²) in [6, 6.07) is 18.0. The van der Waals surface area contributed by atoms with Gasteiger partial charge in [-0.15, -0.1) is 0 Å². The number of nitrogens with zero attached hydrogens (tertiary/aromatic N) is 2. The smallest absolute Gasteiger partial charge is 0.244 e. The molecule has 39 heavy (non-hydrogen) atoms. The Hall–Kier alpha value is -3.14.